The first kappa shape index (κ1) is 105. The van der Waals surface area contributed by atoms with Gasteiger partial charge in [-0.15, -0.1) is 0 Å². The number of carbonyl (C=O) groups is 3. The highest BCUT2D eigenvalue weighted by Crippen LogP contribution is 2.50. The van der Waals surface area contributed by atoms with Gasteiger partial charge in [0.1, 0.15) is 61.9 Å². The number of aryl methyl sites for hydroxylation is 3. The van der Waals surface area contributed by atoms with Crippen LogP contribution in [0.3, 0.4) is 0 Å². The minimum absolute atomic E-state index is 0.0401. The lowest BCUT2D eigenvalue weighted by Crippen LogP contribution is -2.58. The molecule has 3 fully saturated rings. The number of nitriles is 3. The number of hydrogen-bond donors (Lipinski definition) is 3. The molecule has 42 heteroatoms. The standard InChI is InChI=1S/C33H29Cl3F2N6O3.2C33H29Cl2F3N6O3/c1-7-21(45)43-16(5)12-42(13-17(43)6)30-18-10-20(34)28(22-23(35)24(36)26(38)31(46)25(22)37)41-32(18)44(33(47)19(30)11-39)29-15(4)8-9-40-27(29)14(2)3;2*1-7-21(45)43-16(5)12-42(13-17(43)6)30-18-10-20(34)28(22-24(36)26(38)23(35)31(46)25(22)37)41-32(18)44(33(47)19(30)11-39)29-15(4)8-9-40-27(29)14(2)3/h3*7-10,14,16-17,46H,1,12-13H2,2-6H3/t3*16-,17+. The number of carbonyl (C=O) groups excluding carboxylic acids is 3. The Hall–Kier alpha value is -13.4. The van der Waals surface area contributed by atoms with E-state index >= 15 is 22.0 Å². The Bertz CT molecular complexity index is 6870. The molecule has 9 aromatic heterocycles. The van der Waals surface area contributed by atoms with Crippen molar-refractivity contribution in [3.05, 3.63) is 256 Å². The second-order valence-electron chi connectivity index (χ2n) is 35.1. The first-order valence-corrected chi connectivity index (χ1v) is 46.3. The van der Waals surface area contributed by atoms with Crippen molar-refractivity contribution in [1.82, 2.24) is 58.3 Å². The van der Waals surface area contributed by atoms with Gasteiger partial charge in [0.25, 0.3) is 16.7 Å². The van der Waals surface area contributed by atoms with Gasteiger partial charge >= 0.3 is 0 Å². The zero-order valence-corrected chi connectivity index (χ0v) is 83.3. The van der Waals surface area contributed by atoms with E-state index in [4.69, 9.17) is 81.2 Å². The lowest BCUT2D eigenvalue weighted by atomic mass is 10.0. The molecule has 0 bridgehead atoms. The molecule has 0 radical (unpaired) electrons. The third kappa shape index (κ3) is 18.2. The third-order valence-corrected chi connectivity index (χ3v) is 27.1. The van der Waals surface area contributed by atoms with Gasteiger partial charge in [0, 0.05) is 110 Å². The summed E-state index contributed by atoms with van der Waals surface area (Å²) in [7, 11) is 0. The summed E-state index contributed by atoms with van der Waals surface area (Å²) < 4.78 is 124. The summed E-state index contributed by atoms with van der Waals surface area (Å²) in [6, 6.07) is 12.9. The van der Waals surface area contributed by atoms with Crippen LogP contribution in [0.1, 0.15) is 151 Å². The molecular formula is C99H87Cl7F8N18O9. The predicted molar refractivity (Wildman–Crippen MR) is 527 cm³/mol. The molecule has 3 aliphatic rings. The number of fused-ring (bicyclic) bond motifs is 3. The fourth-order valence-corrected chi connectivity index (χ4v) is 20.2. The van der Waals surface area contributed by atoms with Gasteiger partial charge < -0.3 is 44.7 Å². The Labute approximate surface area is 836 Å². The molecule has 732 valence electrons. The van der Waals surface area contributed by atoms with Crippen LogP contribution in [0, 0.1) is 101 Å². The Morgan fingerprint density at radius 2 is 0.631 bits per heavy atom. The van der Waals surface area contributed by atoms with Crippen molar-refractivity contribution >= 4 is 149 Å². The molecule has 3 aliphatic heterocycles. The molecule has 3 N–H and O–H groups in total. The van der Waals surface area contributed by atoms with Gasteiger partial charge in [0.15, 0.2) is 63.8 Å². The summed E-state index contributed by atoms with van der Waals surface area (Å²) in [5.74, 6) is -18.6. The van der Waals surface area contributed by atoms with Crippen molar-refractivity contribution in [2.45, 2.75) is 158 Å². The molecule has 141 heavy (non-hydrogen) atoms. The Kier molecular flexibility index (Phi) is 30.5. The molecular weight excluding hydrogens is 1990 g/mol. The van der Waals surface area contributed by atoms with Crippen LogP contribution in [0.4, 0.5) is 52.2 Å². The van der Waals surface area contributed by atoms with Crippen LogP contribution >= 0.6 is 81.2 Å². The van der Waals surface area contributed by atoms with E-state index in [1.54, 1.807) is 82.1 Å². The molecule has 3 aromatic carbocycles. The number of phenols is 3. The van der Waals surface area contributed by atoms with Gasteiger partial charge in [-0.05, 0) is 151 Å². The van der Waals surface area contributed by atoms with E-state index in [0.717, 1.165) is 9.13 Å². The second kappa shape index (κ2) is 41.0. The van der Waals surface area contributed by atoms with Gasteiger partial charge in [0.2, 0.25) is 17.7 Å². The first-order valence-electron chi connectivity index (χ1n) is 43.7. The maximum atomic E-state index is 15.5. The molecule has 6 atom stereocenters. The van der Waals surface area contributed by atoms with Crippen molar-refractivity contribution in [2.75, 3.05) is 54.0 Å². The van der Waals surface area contributed by atoms with E-state index in [9.17, 15) is 73.0 Å². The van der Waals surface area contributed by atoms with E-state index in [1.807, 2.05) is 100 Å². The van der Waals surface area contributed by atoms with Crippen molar-refractivity contribution < 1.29 is 64.8 Å². The first-order chi connectivity index (χ1) is 66.5. The van der Waals surface area contributed by atoms with Crippen LogP contribution in [-0.2, 0) is 14.4 Å². The van der Waals surface area contributed by atoms with E-state index in [0.29, 0.717) is 39.5 Å². The topological polar surface area (TPSA) is 346 Å². The fraction of sp³-hybridized carbons (Fsp3) is 0.303. The average molecular weight is 2070 g/mol. The second-order valence-corrected chi connectivity index (χ2v) is 37.9. The molecule has 12 heterocycles. The minimum atomic E-state index is -1.76. The monoisotopic (exact) mass is 2070 g/mol. The number of halogens is 15. The minimum Gasteiger partial charge on any atom is -0.504 e. The number of hydrogen-bond acceptors (Lipinski definition) is 21. The van der Waals surface area contributed by atoms with Crippen LogP contribution in [0.25, 0.3) is 83.9 Å². The highest BCUT2D eigenvalue weighted by Gasteiger charge is 2.43. The molecule has 27 nitrogen and oxygen atoms in total. The number of rotatable bonds is 15. The Morgan fingerprint density at radius 3 is 0.872 bits per heavy atom. The van der Waals surface area contributed by atoms with Gasteiger partial charge in [-0.1, -0.05) is 142 Å². The summed E-state index contributed by atoms with van der Waals surface area (Å²) in [6.07, 6.45) is 8.38. The SMILES string of the molecule is C=CC(=O)N1[C@H](C)CN(c2c(C#N)c(=O)n(-c3c(C)ccnc3C(C)C)c3nc(-c4c(F)c(O)c(Cl)c(F)c4F)c(Cl)cc23)C[C@@H]1C.C=CC(=O)N1[C@H](C)CN(c2c(C#N)c(=O)n(-c3c(C)ccnc3C(C)C)c3nc(-c4c(F)c(O)c(Cl)c(F)c4F)c(Cl)cc23)C[C@@H]1C.C=CC(=O)N1[C@H](C)CN(c2c(C#N)c(=O)n(-c3c(C)ccnc3C(C)C)c3nc(-c4c(F)c(O)c(F)c(Cl)c4Cl)c(Cl)cc23)C[C@@H]1C. The van der Waals surface area contributed by atoms with Crippen molar-refractivity contribution in [2.24, 2.45) is 0 Å². The van der Waals surface area contributed by atoms with Crippen molar-refractivity contribution in [3.63, 3.8) is 0 Å². The van der Waals surface area contributed by atoms with Crippen LogP contribution in [0.5, 0.6) is 17.2 Å². The smallest absolute Gasteiger partial charge is 0.276 e. The van der Waals surface area contributed by atoms with Crippen molar-refractivity contribution in [3.8, 4) is 86.3 Å². The molecule has 0 spiro atoms. The van der Waals surface area contributed by atoms with E-state index in [2.05, 4.69) is 55.7 Å². The van der Waals surface area contributed by atoms with Gasteiger partial charge in [0.05, 0.1) is 110 Å². The average Bonchev–Trinajstić information content (AvgIpc) is 0.725. The molecule has 15 rings (SSSR count). The highest BCUT2D eigenvalue weighted by atomic mass is 35.5. The van der Waals surface area contributed by atoms with Crippen LogP contribution in [-0.4, -0.2) is 167 Å². The summed E-state index contributed by atoms with van der Waals surface area (Å²) in [6.45, 7) is 39.3. The molecule has 0 saturated carbocycles. The number of pyridine rings is 9. The van der Waals surface area contributed by atoms with Gasteiger partial charge in [-0.25, -0.2) is 50.1 Å². The summed E-state index contributed by atoms with van der Waals surface area (Å²) in [5.41, 5.74) is -3.15. The Balaban J connectivity index is 0.000000178. The van der Waals surface area contributed by atoms with Crippen LogP contribution in [0.2, 0.25) is 35.2 Å². The van der Waals surface area contributed by atoms with E-state index < -0.39 is 129 Å². The van der Waals surface area contributed by atoms with Crippen LogP contribution < -0.4 is 31.4 Å². The molecule has 0 aliphatic carbocycles. The molecule has 3 saturated heterocycles. The quantitative estimate of drug-likeness (QED) is 0.0371. The van der Waals surface area contributed by atoms with Crippen molar-refractivity contribution in [1.29, 1.82) is 15.8 Å². The summed E-state index contributed by atoms with van der Waals surface area (Å²) >= 11 is 43.5. The van der Waals surface area contributed by atoms with E-state index in [1.165, 1.54) is 41.0 Å². The summed E-state index contributed by atoms with van der Waals surface area (Å²) in [4.78, 5) is 119. The predicted octanol–water partition coefficient (Wildman–Crippen LogP) is 20.9. The number of piperazine rings is 3. The lowest BCUT2D eigenvalue weighted by molar-refractivity contribution is -0.131. The highest BCUT2D eigenvalue weighted by molar-refractivity contribution is 6.45. The molecule has 12 aromatic rings. The number of amides is 3. The largest absolute Gasteiger partial charge is 0.504 e. The maximum absolute atomic E-state index is 15.5. The number of aromatic nitrogens is 9. The number of anilines is 3. The lowest BCUT2D eigenvalue weighted by Gasteiger charge is -2.45. The third-order valence-electron chi connectivity index (χ3n) is 24.8. The summed E-state index contributed by atoms with van der Waals surface area (Å²) in [5, 5.41) is 57.9. The van der Waals surface area contributed by atoms with Crippen LogP contribution in [0.15, 0.2) is 107 Å². The molecule has 3 amide bonds. The number of benzene rings is 3. The number of nitrogens with zero attached hydrogens (tertiary/aromatic N) is 18. The van der Waals surface area contributed by atoms with Gasteiger partial charge in [-0.3, -0.25) is 57.4 Å². The normalized spacial score (nSPS) is 16.6. The van der Waals surface area contributed by atoms with Gasteiger partial charge in [-0.2, -0.15) is 15.8 Å². The fourth-order valence-electron chi connectivity index (χ4n) is 18.7. The zero-order valence-electron chi connectivity index (χ0n) is 78.0. The van der Waals surface area contributed by atoms with E-state index in [-0.39, 0.29) is 210 Å². The number of aromatic hydroxyl groups is 3. The maximum Gasteiger partial charge on any atom is 0.276 e. The zero-order chi connectivity index (χ0) is 104. The molecule has 0 unspecified atom stereocenters. The Morgan fingerprint density at radius 1 is 0.383 bits per heavy atom. The number of phenolic OH excluding ortho intramolecular Hbond substituents is 3.